The Morgan fingerprint density at radius 1 is 0.974 bits per heavy atom. The molecule has 0 aliphatic rings. The van der Waals surface area contributed by atoms with Gasteiger partial charge in [-0.05, 0) is 78.2 Å². The zero-order chi connectivity index (χ0) is 26.9. The highest BCUT2D eigenvalue weighted by molar-refractivity contribution is 5.98. The summed E-state index contributed by atoms with van der Waals surface area (Å²) in [6, 6.07) is 19.2. The zero-order valence-electron chi connectivity index (χ0n) is 22.0. The Balaban J connectivity index is 1.45. The highest BCUT2D eigenvalue weighted by atomic mass is 19.1. The van der Waals surface area contributed by atoms with Crippen molar-refractivity contribution in [2.75, 3.05) is 20.3 Å². The summed E-state index contributed by atoms with van der Waals surface area (Å²) in [7, 11) is 1.66. The van der Waals surface area contributed by atoms with Crippen LogP contribution in [0.3, 0.4) is 0 Å². The maximum Gasteiger partial charge on any atom is 0.251 e. The Labute approximate surface area is 222 Å². The highest BCUT2D eigenvalue weighted by Gasteiger charge is 2.17. The number of hydrogen-bond donors (Lipinski definition) is 2. The Morgan fingerprint density at radius 3 is 2.53 bits per heavy atom. The van der Waals surface area contributed by atoms with Crippen molar-refractivity contribution in [1.82, 2.24) is 15.2 Å². The summed E-state index contributed by atoms with van der Waals surface area (Å²) in [5.74, 6) is -1.47. The lowest BCUT2D eigenvalue weighted by Gasteiger charge is -2.20. The number of aromatic nitrogens is 1. The first-order valence-electron chi connectivity index (χ1n) is 13.1. The molecule has 0 spiro atoms. The van der Waals surface area contributed by atoms with Gasteiger partial charge in [-0.25, -0.2) is 8.78 Å². The van der Waals surface area contributed by atoms with Gasteiger partial charge in [0.1, 0.15) is 11.6 Å². The summed E-state index contributed by atoms with van der Waals surface area (Å²) >= 11 is 0. The highest BCUT2D eigenvalue weighted by Crippen LogP contribution is 2.19. The zero-order valence-corrected chi connectivity index (χ0v) is 22.0. The second kappa shape index (κ2) is 13.3. The lowest BCUT2D eigenvalue weighted by Crippen LogP contribution is -2.38. The third-order valence-corrected chi connectivity index (χ3v) is 6.71. The molecular formula is C31H35F2N3O2. The number of nitrogens with zero attached hydrogens (tertiary/aromatic N) is 1. The van der Waals surface area contributed by atoms with Crippen LogP contribution in [0.1, 0.15) is 40.4 Å². The summed E-state index contributed by atoms with van der Waals surface area (Å²) in [6.45, 7) is 4.73. The van der Waals surface area contributed by atoms with Crippen molar-refractivity contribution in [3.8, 4) is 0 Å². The molecule has 0 aliphatic heterocycles. The quantitative estimate of drug-likeness (QED) is 0.225. The largest absolute Gasteiger partial charge is 0.383 e. The predicted molar refractivity (Wildman–Crippen MR) is 147 cm³/mol. The number of ether oxygens (including phenoxy) is 1. The van der Waals surface area contributed by atoms with Gasteiger partial charge in [-0.2, -0.15) is 0 Å². The molecule has 1 aromatic heterocycles. The third kappa shape index (κ3) is 7.49. The van der Waals surface area contributed by atoms with Crippen molar-refractivity contribution in [3.05, 3.63) is 107 Å². The Bertz CT molecular complexity index is 1350. The molecule has 1 amide bonds. The summed E-state index contributed by atoms with van der Waals surface area (Å²) in [6.07, 6.45) is 3.88. The van der Waals surface area contributed by atoms with E-state index >= 15 is 0 Å². The van der Waals surface area contributed by atoms with Crippen LogP contribution in [0.4, 0.5) is 8.78 Å². The first-order chi connectivity index (χ1) is 18.4. The van der Waals surface area contributed by atoms with Gasteiger partial charge in [-0.3, -0.25) is 4.79 Å². The molecule has 0 fully saturated rings. The molecule has 2 N–H and O–H groups in total. The second-order valence-electron chi connectivity index (χ2n) is 9.57. The first-order valence-corrected chi connectivity index (χ1v) is 13.1. The molecule has 0 aliphatic carbocycles. The van der Waals surface area contributed by atoms with Crippen LogP contribution >= 0.6 is 0 Å². The van der Waals surface area contributed by atoms with Crippen LogP contribution in [0.15, 0.2) is 72.9 Å². The van der Waals surface area contributed by atoms with Gasteiger partial charge in [0.15, 0.2) is 0 Å². The minimum Gasteiger partial charge on any atom is -0.383 e. The van der Waals surface area contributed by atoms with Crippen molar-refractivity contribution in [3.63, 3.8) is 0 Å². The smallest absolute Gasteiger partial charge is 0.251 e. The van der Waals surface area contributed by atoms with Crippen LogP contribution in [0.2, 0.25) is 0 Å². The van der Waals surface area contributed by atoms with E-state index in [1.54, 1.807) is 13.2 Å². The average molecular weight is 520 g/mol. The van der Waals surface area contributed by atoms with E-state index < -0.39 is 11.6 Å². The molecule has 5 nitrogen and oxygen atoms in total. The van der Waals surface area contributed by atoms with Crippen LogP contribution in [0.5, 0.6) is 0 Å². The maximum absolute atomic E-state index is 13.9. The summed E-state index contributed by atoms with van der Waals surface area (Å²) in [5.41, 5.74) is 4.48. The van der Waals surface area contributed by atoms with Crippen LogP contribution < -0.4 is 10.6 Å². The average Bonchev–Trinajstić information content (AvgIpc) is 3.31. The number of hydrogen-bond acceptors (Lipinski definition) is 3. The number of fused-ring (bicyclic) bond motifs is 1. The van der Waals surface area contributed by atoms with E-state index in [9.17, 15) is 13.6 Å². The molecule has 0 unspecified atom stereocenters. The molecule has 200 valence electrons. The predicted octanol–water partition coefficient (Wildman–Crippen LogP) is 5.65. The molecule has 0 saturated carbocycles. The van der Waals surface area contributed by atoms with Crippen molar-refractivity contribution >= 4 is 16.8 Å². The molecule has 1 heterocycles. The maximum atomic E-state index is 13.9. The Morgan fingerprint density at radius 2 is 1.76 bits per heavy atom. The van der Waals surface area contributed by atoms with Crippen molar-refractivity contribution in [2.24, 2.45) is 0 Å². The number of carbonyl (C=O) groups excluding carboxylic acids is 1. The number of methoxy groups -OCH3 is 1. The molecule has 3 aromatic carbocycles. The van der Waals surface area contributed by atoms with Crippen LogP contribution in [-0.2, 0) is 30.7 Å². The second-order valence-corrected chi connectivity index (χ2v) is 9.57. The number of aryl methyl sites for hydroxylation is 1. The Kier molecular flexibility index (Phi) is 9.62. The van der Waals surface area contributed by atoms with Gasteiger partial charge in [0, 0.05) is 49.6 Å². The standard InChI is InChI=1S/C31H35F2N3O2/c1-3-22-5-4-6-23(15-22)21-34-11-9-29(18-24-16-27(32)20-28(33)17-24)35-31(37)26-8-7-25-10-12-36(13-14-38-2)30(25)19-26/h4-8,10,12,15-17,19-20,29,34H,3,9,11,13-14,18,21H2,1-2H3,(H,35,37)/t29-/m1/s1. The van der Waals surface area contributed by atoms with Gasteiger partial charge in [0.05, 0.1) is 6.61 Å². The molecule has 1 atom stereocenters. The van der Waals surface area contributed by atoms with Crippen molar-refractivity contribution in [2.45, 2.75) is 45.3 Å². The fourth-order valence-corrected chi connectivity index (χ4v) is 4.69. The first kappa shape index (κ1) is 27.5. The number of halogens is 2. The summed E-state index contributed by atoms with van der Waals surface area (Å²) < 4.78 is 35.0. The van der Waals surface area contributed by atoms with Crippen molar-refractivity contribution in [1.29, 1.82) is 0 Å². The minimum absolute atomic E-state index is 0.219. The van der Waals surface area contributed by atoms with Crippen LogP contribution in [-0.4, -0.2) is 36.8 Å². The van der Waals surface area contributed by atoms with E-state index in [4.69, 9.17) is 4.74 Å². The Hall–Kier alpha value is -3.55. The van der Waals surface area contributed by atoms with E-state index in [0.29, 0.717) is 50.2 Å². The number of rotatable bonds is 13. The lowest BCUT2D eigenvalue weighted by molar-refractivity contribution is 0.0935. The fraction of sp³-hybridized carbons (Fsp3) is 0.323. The van der Waals surface area contributed by atoms with Gasteiger partial charge < -0.3 is 19.9 Å². The molecule has 0 radical (unpaired) electrons. The van der Waals surface area contributed by atoms with Crippen LogP contribution in [0.25, 0.3) is 10.9 Å². The number of nitrogens with one attached hydrogen (secondary N) is 2. The topological polar surface area (TPSA) is 55.3 Å². The van der Waals surface area contributed by atoms with Crippen molar-refractivity contribution < 1.29 is 18.3 Å². The molecule has 38 heavy (non-hydrogen) atoms. The molecule has 7 heteroatoms. The molecule has 0 saturated heterocycles. The number of amides is 1. The van der Waals surface area contributed by atoms with E-state index in [1.165, 1.54) is 23.3 Å². The van der Waals surface area contributed by atoms with E-state index in [1.807, 2.05) is 24.4 Å². The van der Waals surface area contributed by atoms with Gasteiger partial charge in [0.25, 0.3) is 5.91 Å². The fourth-order valence-electron chi connectivity index (χ4n) is 4.69. The van der Waals surface area contributed by atoms with Gasteiger partial charge in [-0.1, -0.05) is 37.3 Å². The molecule has 0 bridgehead atoms. The van der Waals surface area contributed by atoms with Gasteiger partial charge >= 0.3 is 0 Å². The summed E-state index contributed by atoms with van der Waals surface area (Å²) in [4.78, 5) is 13.3. The SMILES string of the molecule is CCc1cccc(CNCC[C@H](Cc2cc(F)cc(F)c2)NC(=O)c2ccc3ccn(CCOC)c3c2)c1. The van der Waals surface area contributed by atoms with Gasteiger partial charge in [0.2, 0.25) is 0 Å². The molecule has 4 rings (SSSR count). The normalized spacial score (nSPS) is 12.1. The van der Waals surface area contributed by atoms with Gasteiger partial charge in [-0.15, -0.1) is 0 Å². The minimum atomic E-state index is -0.624. The number of carbonyl (C=O) groups is 1. The number of benzene rings is 3. The lowest BCUT2D eigenvalue weighted by atomic mass is 10.0. The summed E-state index contributed by atoms with van der Waals surface area (Å²) in [5, 5.41) is 7.58. The molecule has 4 aromatic rings. The monoisotopic (exact) mass is 519 g/mol. The third-order valence-electron chi connectivity index (χ3n) is 6.71. The van der Waals surface area contributed by atoms with E-state index in [-0.39, 0.29) is 11.9 Å². The molecular weight excluding hydrogens is 484 g/mol. The van der Waals surface area contributed by atoms with Crippen LogP contribution in [0, 0.1) is 11.6 Å². The van der Waals surface area contributed by atoms with E-state index in [0.717, 1.165) is 23.4 Å². The van der Waals surface area contributed by atoms with E-state index in [2.05, 4.69) is 46.4 Å².